The molecule has 5 N–H and O–H groups in total. The molecule has 0 saturated heterocycles. The summed E-state index contributed by atoms with van der Waals surface area (Å²) in [4.78, 5) is 33.7. The van der Waals surface area contributed by atoms with Gasteiger partial charge >= 0.3 is 0 Å². The van der Waals surface area contributed by atoms with E-state index in [2.05, 4.69) is 30.8 Å². The van der Waals surface area contributed by atoms with E-state index in [1.54, 1.807) is 36.0 Å². The molecule has 0 aliphatic heterocycles. The largest absolute Gasteiger partial charge is 0.378 e. The first-order chi connectivity index (χ1) is 16.7. The third-order valence-electron chi connectivity index (χ3n) is 5.34. The van der Waals surface area contributed by atoms with Crippen LogP contribution in [0.25, 0.3) is 11.0 Å². The van der Waals surface area contributed by atoms with Gasteiger partial charge in [0.2, 0.25) is 11.9 Å². The van der Waals surface area contributed by atoms with Crippen molar-refractivity contribution in [2.75, 3.05) is 29.6 Å². The lowest BCUT2D eigenvalue weighted by Crippen LogP contribution is -2.14. The van der Waals surface area contributed by atoms with Crippen molar-refractivity contribution in [3.05, 3.63) is 64.6 Å². The Kier molecular flexibility index (Phi) is 6.60. The average molecular weight is 474 g/mol. The van der Waals surface area contributed by atoms with Crippen molar-refractivity contribution >= 4 is 51.3 Å². The van der Waals surface area contributed by atoms with E-state index in [1.165, 1.54) is 6.92 Å². The first-order valence-electron chi connectivity index (χ1n) is 10.9. The summed E-state index contributed by atoms with van der Waals surface area (Å²) in [6, 6.07) is 12.8. The number of aromatic nitrogens is 3. The standard InChI is InChI=1S/C24H27N9O2/c1-14(34)26-19-10-7-17(31-30-16-5-8-18(9-6-16)32(2)3)11-20(19)27-24-28-22-21(23(35)29-24)15(12-25)13-33(22)4/h5-11,13H,12,25H2,1-4H3,(H,26,34)(H2,27,28,29,35). The smallest absolute Gasteiger partial charge is 0.262 e. The van der Waals surface area contributed by atoms with Gasteiger partial charge in [0.15, 0.2) is 0 Å². The molecule has 2 heterocycles. The van der Waals surface area contributed by atoms with E-state index in [4.69, 9.17) is 5.73 Å². The van der Waals surface area contributed by atoms with Crippen LogP contribution in [0.15, 0.2) is 63.7 Å². The Morgan fingerprint density at radius 2 is 1.80 bits per heavy atom. The molecule has 0 saturated carbocycles. The molecule has 0 aliphatic carbocycles. The van der Waals surface area contributed by atoms with Crippen molar-refractivity contribution in [3.8, 4) is 0 Å². The van der Waals surface area contributed by atoms with Gasteiger partial charge in [-0.15, -0.1) is 0 Å². The number of rotatable bonds is 7. The van der Waals surface area contributed by atoms with Gasteiger partial charge < -0.3 is 25.8 Å². The summed E-state index contributed by atoms with van der Waals surface area (Å²) in [6.07, 6.45) is 1.78. The van der Waals surface area contributed by atoms with Crippen LogP contribution in [0.2, 0.25) is 0 Å². The monoisotopic (exact) mass is 473 g/mol. The summed E-state index contributed by atoms with van der Waals surface area (Å²) in [5, 5.41) is 14.9. The van der Waals surface area contributed by atoms with Crippen LogP contribution in [0.4, 0.5) is 34.4 Å². The molecule has 0 atom stereocenters. The zero-order valence-corrected chi connectivity index (χ0v) is 20.0. The molecule has 0 bridgehead atoms. The summed E-state index contributed by atoms with van der Waals surface area (Å²) in [5.41, 5.74) is 9.97. The molecule has 0 unspecified atom stereocenters. The number of aryl methyl sites for hydroxylation is 1. The molecule has 0 radical (unpaired) electrons. The highest BCUT2D eigenvalue weighted by Gasteiger charge is 2.14. The molecule has 2 aromatic carbocycles. The lowest BCUT2D eigenvalue weighted by Gasteiger charge is -2.13. The van der Waals surface area contributed by atoms with Crippen LogP contribution in [-0.2, 0) is 18.4 Å². The lowest BCUT2D eigenvalue weighted by molar-refractivity contribution is -0.114. The van der Waals surface area contributed by atoms with Crippen molar-refractivity contribution in [1.82, 2.24) is 14.5 Å². The molecule has 2 aromatic heterocycles. The van der Waals surface area contributed by atoms with Gasteiger partial charge in [0.25, 0.3) is 5.56 Å². The second-order valence-corrected chi connectivity index (χ2v) is 8.23. The lowest BCUT2D eigenvalue weighted by atomic mass is 10.2. The molecule has 0 fully saturated rings. The van der Waals surface area contributed by atoms with Crippen LogP contribution in [-0.4, -0.2) is 34.5 Å². The fraction of sp³-hybridized carbons (Fsp3) is 0.208. The highest BCUT2D eigenvalue weighted by molar-refractivity contribution is 5.94. The molecular formula is C24H27N9O2. The van der Waals surface area contributed by atoms with Gasteiger partial charge in [-0.25, -0.2) is 0 Å². The van der Waals surface area contributed by atoms with Crippen molar-refractivity contribution in [2.45, 2.75) is 13.5 Å². The fourth-order valence-corrected chi connectivity index (χ4v) is 3.64. The Labute approximate surface area is 201 Å². The quantitative estimate of drug-likeness (QED) is 0.299. The Balaban J connectivity index is 1.67. The molecule has 4 rings (SSSR count). The highest BCUT2D eigenvalue weighted by Crippen LogP contribution is 2.31. The van der Waals surface area contributed by atoms with Crippen LogP contribution in [0.3, 0.4) is 0 Å². The van der Waals surface area contributed by atoms with Crippen molar-refractivity contribution in [1.29, 1.82) is 0 Å². The number of benzene rings is 2. The number of azo groups is 1. The number of hydrogen-bond acceptors (Lipinski definition) is 8. The molecular weight excluding hydrogens is 446 g/mol. The third-order valence-corrected chi connectivity index (χ3v) is 5.34. The van der Waals surface area contributed by atoms with Gasteiger partial charge in [0.1, 0.15) is 5.65 Å². The topological polar surface area (TPSA) is 146 Å². The van der Waals surface area contributed by atoms with Crippen LogP contribution in [0.5, 0.6) is 0 Å². The van der Waals surface area contributed by atoms with Crippen molar-refractivity contribution < 1.29 is 4.79 Å². The summed E-state index contributed by atoms with van der Waals surface area (Å²) in [5.74, 6) is -0.0254. The minimum absolute atomic E-state index is 0.215. The number of carbonyl (C=O) groups excluding carboxylic acids is 1. The van der Waals surface area contributed by atoms with Crippen LogP contribution < -0.4 is 26.8 Å². The number of anilines is 4. The van der Waals surface area contributed by atoms with E-state index in [9.17, 15) is 9.59 Å². The van der Waals surface area contributed by atoms with Crippen LogP contribution in [0, 0.1) is 0 Å². The maximum Gasteiger partial charge on any atom is 0.262 e. The molecule has 11 heteroatoms. The number of carbonyl (C=O) groups is 1. The van der Waals surface area contributed by atoms with Gasteiger partial charge in [0, 0.05) is 46.5 Å². The molecule has 11 nitrogen and oxygen atoms in total. The zero-order valence-electron chi connectivity index (χ0n) is 20.0. The SMILES string of the molecule is CC(=O)Nc1ccc(N=Nc2ccc(N(C)C)cc2)cc1Nc1nc2c(c(CN)cn2C)c(=O)[nH]1. The predicted octanol–water partition coefficient (Wildman–Crippen LogP) is 3.90. The number of aromatic amines is 1. The Morgan fingerprint density at radius 3 is 2.46 bits per heavy atom. The number of amides is 1. The maximum absolute atomic E-state index is 12.7. The fourth-order valence-electron chi connectivity index (χ4n) is 3.64. The number of H-pyrrole nitrogens is 1. The molecule has 0 aliphatic rings. The summed E-state index contributed by atoms with van der Waals surface area (Å²) < 4.78 is 1.75. The van der Waals surface area contributed by atoms with E-state index in [0.717, 1.165) is 5.69 Å². The van der Waals surface area contributed by atoms with Gasteiger partial charge in [-0.05, 0) is 48.0 Å². The van der Waals surface area contributed by atoms with Gasteiger partial charge in [-0.3, -0.25) is 14.6 Å². The minimum atomic E-state index is -0.309. The van der Waals surface area contributed by atoms with E-state index >= 15 is 0 Å². The highest BCUT2D eigenvalue weighted by atomic mass is 16.1. The van der Waals surface area contributed by atoms with Crippen LogP contribution in [0.1, 0.15) is 12.5 Å². The zero-order chi connectivity index (χ0) is 25.1. The number of fused-ring (bicyclic) bond motifs is 1. The van der Waals surface area contributed by atoms with Gasteiger partial charge in [-0.2, -0.15) is 15.2 Å². The Bertz CT molecular complexity index is 1470. The third kappa shape index (κ3) is 5.20. The number of nitrogens with one attached hydrogen (secondary N) is 3. The van der Waals surface area contributed by atoms with E-state index in [1.807, 2.05) is 43.3 Å². The van der Waals surface area contributed by atoms with E-state index in [-0.39, 0.29) is 24.0 Å². The second-order valence-electron chi connectivity index (χ2n) is 8.23. The summed E-state index contributed by atoms with van der Waals surface area (Å²) >= 11 is 0. The van der Waals surface area contributed by atoms with E-state index < -0.39 is 0 Å². The van der Waals surface area contributed by atoms with E-state index in [0.29, 0.717) is 39.3 Å². The van der Waals surface area contributed by atoms with Gasteiger partial charge in [-0.1, -0.05) is 0 Å². The Hall–Kier alpha value is -4.51. The predicted molar refractivity (Wildman–Crippen MR) is 138 cm³/mol. The molecule has 4 aromatic rings. The molecule has 35 heavy (non-hydrogen) atoms. The second kappa shape index (κ2) is 9.77. The Morgan fingerprint density at radius 1 is 1.11 bits per heavy atom. The molecule has 180 valence electrons. The number of nitrogens with zero attached hydrogens (tertiary/aromatic N) is 5. The average Bonchev–Trinajstić information content (AvgIpc) is 3.15. The minimum Gasteiger partial charge on any atom is -0.378 e. The number of nitrogens with two attached hydrogens (primary N) is 1. The first kappa shape index (κ1) is 23.6. The van der Waals surface area contributed by atoms with Crippen molar-refractivity contribution in [2.24, 2.45) is 23.0 Å². The molecule has 1 amide bonds. The van der Waals surface area contributed by atoms with Gasteiger partial charge in [0.05, 0.1) is 28.1 Å². The first-order valence-corrected chi connectivity index (χ1v) is 10.9. The normalized spacial score (nSPS) is 11.2. The summed E-state index contributed by atoms with van der Waals surface area (Å²) in [6.45, 7) is 1.64. The number of hydrogen-bond donors (Lipinski definition) is 4. The molecule has 0 spiro atoms. The maximum atomic E-state index is 12.7. The van der Waals surface area contributed by atoms with Crippen molar-refractivity contribution in [3.63, 3.8) is 0 Å². The summed E-state index contributed by atoms with van der Waals surface area (Å²) in [7, 11) is 5.74. The van der Waals surface area contributed by atoms with Crippen LogP contribution >= 0.6 is 0 Å².